The van der Waals surface area contributed by atoms with Crippen molar-refractivity contribution in [2.45, 2.75) is 19.8 Å². The largest absolute Gasteiger partial charge is 0.478 e. The monoisotopic (exact) mass is 268 g/mol. The molecule has 0 unspecified atom stereocenters. The van der Waals surface area contributed by atoms with Crippen molar-refractivity contribution in [2.75, 3.05) is 11.9 Å². The van der Waals surface area contributed by atoms with Crippen molar-refractivity contribution in [1.82, 2.24) is 5.32 Å². The molecule has 98 valence electrons. The molecule has 0 aliphatic rings. The summed E-state index contributed by atoms with van der Waals surface area (Å²) < 4.78 is 0. The quantitative estimate of drug-likeness (QED) is 0.694. The van der Waals surface area contributed by atoms with Crippen molar-refractivity contribution >= 4 is 28.3 Å². The van der Waals surface area contributed by atoms with Gasteiger partial charge in [-0.25, -0.2) is 9.59 Å². The summed E-state index contributed by atoms with van der Waals surface area (Å²) in [5.41, 5.74) is 0.949. The van der Waals surface area contributed by atoms with Gasteiger partial charge < -0.3 is 10.4 Å². The number of thiophene rings is 1. The number of aromatic carboxylic acids is 1. The fraction of sp³-hybridized carbons (Fsp3) is 0.333. The third-order valence-corrected chi connectivity index (χ3v) is 3.18. The zero-order valence-corrected chi connectivity index (χ0v) is 11.0. The van der Waals surface area contributed by atoms with E-state index in [1.165, 1.54) is 11.3 Å². The van der Waals surface area contributed by atoms with Crippen LogP contribution in [0.3, 0.4) is 0 Å². The molecule has 1 aromatic heterocycles. The van der Waals surface area contributed by atoms with Crippen molar-refractivity contribution in [2.24, 2.45) is 0 Å². The van der Waals surface area contributed by atoms with E-state index in [1.54, 1.807) is 11.5 Å². The summed E-state index contributed by atoms with van der Waals surface area (Å²) in [6.45, 7) is 5.79. The summed E-state index contributed by atoms with van der Waals surface area (Å²) in [6.07, 6.45) is 3.10. The predicted molar refractivity (Wildman–Crippen MR) is 72.5 cm³/mol. The minimum atomic E-state index is -1.02. The van der Waals surface area contributed by atoms with Gasteiger partial charge in [0.1, 0.15) is 5.00 Å². The van der Waals surface area contributed by atoms with Crippen LogP contribution in [0.25, 0.3) is 0 Å². The van der Waals surface area contributed by atoms with Crippen LogP contribution < -0.4 is 10.6 Å². The Morgan fingerprint density at radius 1 is 1.56 bits per heavy atom. The number of carboxylic acid groups (broad SMARTS) is 1. The average Bonchev–Trinajstić information content (AvgIpc) is 2.70. The lowest BCUT2D eigenvalue weighted by Crippen LogP contribution is -2.28. The zero-order chi connectivity index (χ0) is 13.5. The molecule has 0 fully saturated rings. The van der Waals surface area contributed by atoms with Crippen LogP contribution in [0.15, 0.2) is 18.0 Å². The third-order valence-electron chi connectivity index (χ3n) is 2.23. The summed E-state index contributed by atoms with van der Waals surface area (Å²) in [7, 11) is 0. The Bertz CT molecular complexity index is 454. The van der Waals surface area contributed by atoms with Crippen molar-refractivity contribution < 1.29 is 14.7 Å². The number of amides is 2. The Labute approximate surface area is 110 Å². The number of anilines is 1. The van der Waals surface area contributed by atoms with Gasteiger partial charge in [0.05, 0.1) is 5.56 Å². The predicted octanol–water partition coefficient (Wildman–Crippen LogP) is 2.71. The molecule has 0 aliphatic heterocycles. The lowest BCUT2D eigenvalue weighted by atomic mass is 10.1. The molecule has 2 amide bonds. The molecule has 1 rings (SSSR count). The van der Waals surface area contributed by atoms with Gasteiger partial charge in [0.2, 0.25) is 0 Å². The van der Waals surface area contributed by atoms with E-state index < -0.39 is 12.0 Å². The molecule has 0 bridgehead atoms. The number of rotatable bonds is 6. The van der Waals surface area contributed by atoms with Crippen molar-refractivity contribution in [3.8, 4) is 0 Å². The first kappa shape index (κ1) is 14.2. The van der Waals surface area contributed by atoms with E-state index in [0.717, 1.165) is 12.0 Å². The summed E-state index contributed by atoms with van der Waals surface area (Å²) in [5, 5.41) is 16.4. The molecule has 0 aliphatic carbocycles. The maximum Gasteiger partial charge on any atom is 0.338 e. The van der Waals surface area contributed by atoms with Gasteiger partial charge in [-0.1, -0.05) is 19.4 Å². The Morgan fingerprint density at radius 2 is 2.28 bits per heavy atom. The van der Waals surface area contributed by atoms with Crippen molar-refractivity contribution in [3.05, 3.63) is 29.2 Å². The number of nitrogens with one attached hydrogen (secondary N) is 2. The van der Waals surface area contributed by atoms with E-state index in [1.807, 2.05) is 6.92 Å². The van der Waals surface area contributed by atoms with E-state index in [-0.39, 0.29) is 5.56 Å². The van der Waals surface area contributed by atoms with Gasteiger partial charge in [0, 0.05) is 6.54 Å². The first-order valence-electron chi connectivity index (χ1n) is 5.59. The van der Waals surface area contributed by atoms with Crippen LogP contribution in [0.1, 0.15) is 29.3 Å². The lowest BCUT2D eigenvalue weighted by Gasteiger charge is -2.05. The van der Waals surface area contributed by atoms with Gasteiger partial charge in [0.15, 0.2) is 0 Å². The van der Waals surface area contributed by atoms with E-state index in [0.29, 0.717) is 18.0 Å². The first-order valence-corrected chi connectivity index (χ1v) is 6.47. The number of carbonyl (C=O) groups is 2. The fourth-order valence-electron chi connectivity index (χ4n) is 1.49. The molecule has 18 heavy (non-hydrogen) atoms. The molecular weight excluding hydrogens is 252 g/mol. The van der Waals surface area contributed by atoms with E-state index in [4.69, 9.17) is 5.11 Å². The molecular formula is C12H16N2O3S. The minimum absolute atomic E-state index is 0.190. The molecule has 3 N–H and O–H groups in total. The van der Waals surface area contributed by atoms with Crippen LogP contribution in [-0.4, -0.2) is 23.7 Å². The van der Waals surface area contributed by atoms with Gasteiger partial charge in [-0.3, -0.25) is 5.32 Å². The second-order valence-electron chi connectivity index (χ2n) is 3.64. The SMILES string of the molecule is C=CCNC(=O)Nc1scc(CCC)c1C(=O)O. The molecule has 0 aromatic carbocycles. The maximum atomic E-state index is 11.5. The van der Waals surface area contributed by atoms with Crippen LogP contribution in [0.2, 0.25) is 0 Å². The van der Waals surface area contributed by atoms with Gasteiger partial charge in [-0.05, 0) is 17.4 Å². The molecule has 0 radical (unpaired) electrons. The summed E-state index contributed by atoms with van der Waals surface area (Å²) in [6, 6.07) is -0.428. The Morgan fingerprint density at radius 3 is 2.83 bits per heavy atom. The fourth-order valence-corrected chi connectivity index (χ4v) is 2.47. The van der Waals surface area contributed by atoms with E-state index in [9.17, 15) is 9.59 Å². The highest BCUT2D eigenvalue weighted by Gasteiger charge is 2.19. The number of hydrogen-bond donors (Lipinski definition) is 3. The number of aryl methyl sites for hydroxylation is 1. The van der Waals surface area contributed by atoms with E-state index >= 15 is 0 Å². The molecule has 1 aromatic rings. The van der Waals surface area contributed by atoms with Crippen LogP contribution in [0, 0.1) is 0 Å². The Hall–Kier alpha value is -1.82. The summed E-state index contributed by atoms with van der Waals surface area (Å²) in [5.74, 6) is -1.02. The average molecular weight is 268 g/mol. The molecule has 1 heterocycles. The maximum absolute atomic E-state index is 11.5. The third kappa shape index (κ3) is 3.59. The second kappa shape index (κ2) is 6.80. The Kier molecular flexibility index (Phi) is 5.38. The summed E-state index contributed by atoms with van der Waals surface area (Å²) in [4.78, 5) is 22.6. The highest BCUT2D eigenvalue weighted by atomic mass is 32.1. The zero-order valence-electron chi connectivity index (χ0n) is 10.2. The van der Waals surface area contributed by atoms with Crippen molar-refractivity contribution in [1.29, 1.82) is 0 Å². The number of carbonyl (C=O) groups excluding carboxylic acids is 1. The van der Waals surface area contributed by atoms with Crippen LogP contribution in [0.4, 0.5) is 9.80 Å². The van der Waals surface area contributed by atoms with Crippen LogP contribution >= 0.6 is 11.3 Å². The topological polar surface area (TPSA) is 78.4 Å². The molecule has 5 nitrogen and oxygen atoms in total. The normalized spacial score (nSPS) is 9.83. The smallest absolute Gasteiger partial charge is 0.338 e. The van der Waals surface area contributed by atoms with Gasteiger partial charge in [0.25, 0.3) is 0 Å². The lowest BCUT2D eigenvalue weighted by molar-refractivity contribution is 0.0697. The summed E-state index contributed by atoms with van der Waals surface area (Å²) >= 11 is 1.23. The second-order valence-corrected chi connectivity index (χ2v) is 4.52. The molecule has 0 spiro atoms. The highest BCUT2D eigenvalue weighted by molar-refractivity contribution is 7.15. The van der Waals surface area contributed by atoms with Crippen molar-refractivity contribution in [3.63, 3.8) is 0 Å². The van der Waals surface area contributed by atoms with E-state index in [2.05, 4.69) is 17.2 Å². The standard InChI is InChI=1S/C12H16N2O3S/c1-3-5-8-7-18-10(9(8)11(15)16)14-12(17)13-6-4-2/h4,7H,2-3,5-6H2,1H3,(H,15,16)(H2,13,14,17). The molecule has 0 saturated carbocycles. The molecule has 0 atom stereocenters. The van der Waals surface area contributed by atoms with Crippen LogP contribution in [0.5, 0.6) is 0 Å². The minimum Gasteiger partial charge on any atom is -0.478 e. The molecule has 0 saturated heterocycles. The van der Waals surface area contributed by atoms with Gasteiger partial charge in [-0.15, -0.1) is 17.9 Å². The van der Waals surface area contributed by atoms with Gasteiger partial charge >= 0.3 is 12.0 Å². The number of carboxylic acids is 1. The van der Waals surface area contributed by atoms with Crippen LogP contribution in [-0.2, 0) is 6.42 Å². The van der Waals surface area contributed by atoms with Gasteiger partial charge in [-0.2, -0.15) is 0 Å². The first-order chi connectivity index (χ1) is 8.60. The number of urea groups is 1. The number of hydrogen-bond acceptors (Lipinski definition) is 3. The Balaban J connectivity index is 2.85. The highest BCUT2D eigenvalue weighted by Crippen LogP contribution is 2.29. The molecule has 6 heteroatoms.